The van der Waals surface area contributed by atoms with E-state index in [1.54, 1.807) is 0 Å². The summed E-state index contributed by atoms with van der Waals surface area (Å²) in [6.45, 7) is 6.03. The van der Waals surface area contributed by atoms with E-state index in [0.29, 0.717) is 0 Å². The van der Waals surface area contributed by atoms with E-state index < -0.39 is 0 Å². The quantitative estimate of drug-likeness (QED) is 0.518. The van der Waals surface area contributed by atoms with E-state index in [4.69, 9.17) is 0 Å². The molecule has 0 atom stereocenters. The van der Waals surface area contributed by atoms with Crippen molar-refractivity contribution in [2.24, 2.45) is 0 Å². The van der Waals surface area contributed by atoms with Crippen molar-refractivity contribution in [1.82, 2.24) is 0 Å². The van der Waals surface area contributed by atoms with E-state index >= 15 is 0 Å². The molecule has 2 aromatic rings. The Morgan fingerprint density at radius 1 is 0.941 bits per heavy atom. The first-order valence-electron chi connectivity index (χ1n) is 5.76. The van der Waals surface area contributed by atoms with Crippen LogP contribution in [0.5, 0.6) is 0 Å². The summed E-state index contributed by atoms with van der Waals surface area (Å²) in [5.41, 5.74) is 4.88. The lowest BCUT2D eigenvalue weighted by atomic mass is 9.98. The summed E-state index contributed by atoms with van der Waals surface area (Å²) < 4.78 is 0. The van der Waals surface area contributed by atoms with Crippen molar-refractivity contribution in [2.75, 3.05) is 0 Å². The van der Waals surface area contributed by atoms with Gasteiger partial charge in [0.2, 0.25) is 0 Å². The minimum atomic E-state index is 1.16. The Hall–Kier alpha value is -2.08. The molecule has 0 heteroatoms. The maximum absolute atomic E-state index is 3.91. The van der Waals surface area contributed by atoms with Crippen LogP contribution in [-0.4, -0.2) is 0 Å². The Morgan fingerprint density at radius 3 is 2.24 bits per heavy atom. The summed E-state index contributed by atoms with van der Waals surface area (Å²) in [6, 6.07) is 18.7. The molecule has 0 radical (unpaired) electrons. The SMILES string of the molecule is C=C/C(=C\c1ccccc1)c1ccccc1C. The summed E-state index contributed by atoms with van der Waals surface area (Å²) in [7, 11) is 0. The van der Waals surface area contributed by atoms with Gasteiger partial charge in [0.15, 0.2) is 0 Å². The van der Waals surface area contributed by atoms with E-state index in [1.807, 2.05) is 24.3 Å². The van der Waals surface area contributed by atoms with Gasteiger partial charge in [0.25, 0.3) is 0 Å². The second-order valence-corrected chi connectivity index (χ2v) is 4.03. The second-order valence-electron chi connectivity index (χ2n) is 4.03. The third-order valence-corrected chi connectivity index (χ3v) is 2.80. The Balaban J connectivity index is 2.45. The fraction of sp³-hybridized carbons (Fsp3) is 0.0588. The van der Waals surface area contributed by atoms with Crippen molar-refractivity contribution in [1.29, 1.82) is 0 Å². The maximum Gasteiger partial charge on any atom is -0.0155 e. The molecule has 84 valence electrons. The van der Waals surface area contributed by atoms with Gasteiger partial charge in [-0.2, -0.15) is 0 Å². The highest BCUT2D eigenvalue weighted by atomic mass is 14.0. The van der Waals surface area contributed by atoms with Crippen molar-refractivity contribution in [3.8, 4) is 0 Å². The van der Waals surface area contributed by atoms with Gasteiger partial charge in [-0.3, -0.25) is 0 Å². The van der Waals surface area contributed by atoms with Crippen LogP contribution in [0.2, 0.25) is 0 Å². The minimum Gasteiger partial charge on any atom is -0.0984 e. The van der Waals surface area contributed by atoms with Crippen molar-refractivity contribution in [3.63, 3.8) is 0 Å². The van der Waals surface area contributed by atoms with E-state index in [-0.39, 0.29) is 0 Å². The zero-order chi connectivity index (χ0) is 12.1. The Bertz CT molecular complexity index is 533. The van der Waals surface area contributed by atoms with Gasteiger partial charge in [0.05, 0.1) is 0 Å². The lowest BCUT2D eigenvalue weighted by molar-refractivity contribution is 1.43. The van der Waals surface area contributed by atoms with Crippen molar-refractivity contribution < 1.29 is 0 Å². The molecule has 17 heavy (non-hydrogen) atoms. The largest absolute Gasteiger partial charge is 0.0984 e. The van der Waals surface area contributed by atoms with Crippen molar-refractivity contribution in [2.45, 2.75) is 6.92 Å². The second kappa shape index (κ2) is 5.31. The number of aryl methyl sites for hydroxylation is 1. The van der Waals surface area contributed by atoms with Gasteiger partial charge < -0.3 is 0 Å². The molecule has 0 nitrogen and oxygen atoms in total. The highest BCUT2D eigenvalue weighted by Gasteiger charge is 2.00. The predicted octanol–water partition coefficient (Wildman–Crippen LogP) is 4.72. The third-order valence-electron chi connectivity index (χ3n) is 2.80. The summed E-state index contributed by atoms with van der Waals surface area (Å²) in [5, 5.41) is 0. The first-order chi connectivity index (χ1) is 8.31. The maximum atomic E-state index is 3.91. The molecule has 2 rings (SSSR count). The summed E-state index contributed by atoms with van der Waals surface area (Å²) in [5.74, 6) is 0. The molecule has 0 amide bonds. The van der Waals surface area contributed by atoms with Crippen LogP contribution in [0, 0.1) is 6.92 Å². The number of hydrogen-bond acceptors (Lipinski definition) is 0. The molecule has 2 aromatic carbocycles. The molecule has 0 unspecified atom stereocenters. The lowest BCUT2D eigenvalue weighted by Gasteiger charge is -2.06. The van der Waals surface area contributed by atoms with Gasteiger partial charge in [-0.1, -0.05) is 67.3 Å². The van der Waals surface area contributed by atoms with Crippen LogP contribution in [0.25, 0.3) is 11.6 Å². The number of allylic oxidation sites excluding steroid dienone is 2. The zero-order valence-electron chi connectivity index (χ0n) is 10.1. The standard InChI is InChI=1S/C17H16/c1-3-16(13-15-10-5-4-6-11-15)17-12-8-7-9-14(17)2/h3-13H,1H2,2H3/b16-13+. The Labute approximate surface area is 103 Å². The van der Waals surface area contributed by atoms with Crippen molar-refractivity contribution in [3.05, 3.63) is 83.9 Å². The van der Waals surface area contributed by atoms with E-state index in [1.165, 1.54) is 16.7 Å². The Kier molecular flexibility index (Phi) is 3.56. The molecule has 0 spiro atoms. The molecule has 0 bridgehead atoms. The molecule has 0 aromatic heterocycles. The molecular weight excluding hydrogens is 204 g/mol. The molecule has 0 heterocycles. The molecule has 0 saturated carbocycles. The van der Waals surface area contributed by atoms with E-state index in [2.05, 4.69) is 56.0 Å². The highest BCUT2D eigenvalue weighted by molar-refractivity contribution is 5.88. The number of hydrogen-bond donors (Lipinski definition) is 0. The van der Waals surface area contributed by atoms with Crippen LogP contribution in [-0.2, 0) is 0 Å². The van der Waals surface area contributed by atoms with Gasteiger partial charge in [-0.05, 0) is 35.3 Å². The molecule has 0 fully saturated rings. The van der Waals surface area contributed by atoms with Gasteiger partial charge in [-0.15, -0.1) is 0 Å². The normalized spacial score (nSPS) is 11.2. The topological polar surface area (TPSA) is 0 Å². The van der Waals surface area contributed by atoms with Gasteiger partial charge in [-0.25, -0.2) is 0 Å². The molecular formula is C17H16. The molecule has 0 N–H and O–H groups in total. The fourth-order valence-electron chi connectivity index (χ4n) is 1.87. The summed E-state index contributed by atoms with van der Waals surface area (Å²) in [6.07, 6.45) is 4.07. The van der Waals surface area contributed by atoms with Crippen LogP contribution >= 0.6 is 0 Å². The summed E-state index contributed by atoms with van der Waals surface area (Å²) in [4.78, 5) is 0. The van der Waals surface area contributed by atoms with Crippen LogP contribution in [0.1, 0.15) is 16.7 Å². The predicted molar refractivity (Wildman–Crippen MR) is 75.7 cm³/mol. The summed E-state index contributed by atoms with van der Waals surface area (Å²) >= 11 is 0. The zero-order valence-corrected chi connectivity index (χ0v) is 10.1. The first kappa shape index (κ1) is 11.4. The van der Waals surface area contributed by atoms with Crippen LogP contribution in [0.15, 0.2) is 67.3 Å². The van der Waals surface area contributed by atoms with Gasteiger partial charge in [0.1, 0.15) is 0 Å². The molecule has 0 aliphatic heterocycles. The van der Waals surface area contributed by atoms with Crippen LogP contribution < -0.4 is 0 Å². The third kappa shape index (κ3) is 2.73. The molecule has 0 aliphatic rings. The van der Waals surface area contributed by atoms with Gasteiger partial charge in [0, 0.05) is 0 Å². The Morgan fingerprint density at radius 2 is 1.59 bits per heavy atom. The fourth-order valence-corrected chi connectivity index (χ4v) is 1.87. The number of benzene rings is 2. The average molecular weight is 220 g/mol. The average Bonchev–Trinajstić information content (AvgIpc) is 2.38. The highest BCUT2D eigenvalue weighted by Crippen LogP contribution is 2.22. The smallest absolute Gasteiger partial charge is 0.0155 e. The van der Waals surface area contributed by atoms with Crippen LogP contribution in [0.4, 0.5) is 0 Å². The molecule has 0 saturated heterocycles. The van der Waals surface area contributed by atoms with Crippen LogP contribution in [0.3, 0.4) is 0 Å². The van der Waals surface area contributed by atoms with E-state index in [9.17, 15) is 0 Å². The first-order valence-corrected chi connectivity index (χ1v) is 5.76. The lowest BCUT2D eigenvalue weighted by Crippen LogP contribution is -1.85. The van der Waals surface area contributed by atoms with Gasteiger partial charge >= 0.3 is 0 Å². The monoisotopic (exact) mass is 220 g/mol. The van der Waals surface area contributed by atoms with Crippen molar-refractivity contribution >= 4 is 11.6 Å². The van der Waals surface area contributed by atoms with E-state index in [0.717, 1.165) is 5.57 Å². The number of rotatable bonds is 3. The molecule has 0 aliphatic carbocycles. The minimum absolute atomic E-state index is 1.16.